The van der Waals surface area contributed by atoms with Crippen molar-refractivity contribution in [1.82, 2.24) is 15.1 Å². The monoisotopic (exact) mass is 238 g/mol. The number of anilines is 1. The minimum Gasteiger partial charge on any atom is -0.382 e. The second-order valence-corrected chi connectivity index (χ2v) is 4.31. The number of carbonyl (C=O) groups excluding carboxylic acids is 1. The van der Waals surface area contributed by atoms with E-state index < -0.39 is 0 Å². The van der Waals surface area contributed by atoms with Crippen LogP contribution >= 0.6 is 0 Å². The molecule has 1 fully saturated rings. The van der Waals surface area contributed by atoms with E-state index in [9.17, 15) is 4.79 Å². The van der Waals surface area contributed by atoms with Gasteiger partial charge < -0.3 is 15.8 Å². The molecular weight excluding hydrogens is 220 g/mol. The first-order chi connectivity index (χ1) is 8.24. The van der Waals surface area contributed by atoms with Crippen LogP contribution < -0.4 is 11.1 Å². The fourth-order valence-electron chi connectivity index (χ4n) is 1.47. The Hall–Kier alpha value is -1.56. The van der Waals surface area contributed by atoms with Crippen LogP contribution in [0.25, 0.3) is 0 Å². The third-order valence-corrected chi connectivity index (χ3v) is 2.59. The lowest BCUT2D eigenvalue weighted by atomic mass is 10.5. The number of nitrogen functional groups attached to an aromatic ring is 1. The summed E-state index contributed by atoms with van der Waals surface area (Å²) in [6, 6.07) is 1.66. The Kier molecular flexibility index (Phi) is 3.98. The number of carbonyl (C=O) groups is 1. The van der Waals surface area contributed by atoms with Crippen LogP contribution in [0.5, 0.6) is 0 Å². The van der Waals surface area contributed by atoms with Gasteiger partial charge in [-0.15, -0.1) is 0 Å². The third-order valence-electron chi connectivity index (χ3n) is 2.59. The van der Waals surface area contributed by atoms with E-state index >= 15 is 0 Å². The van der Waals surface area contributed by atoms with Crippen LogP contribution in [0.15, 0.2) is 12.3 Å². The maximum absolute atomic E-state index is 11.5. The van der Waals surface area contributed by atoms with Crippen molar-refractivity contribution in [3.8, 4) is 0 Å². The van der Waals surface area contributed by atoms with Crippen molar-refractivity contribution >= 4 is 11.7 Å². The molecule has 0 bridgehead atoms. The van der Waals surface area contributed by atoms with Crippen molar-refractivity contribution in [1.29, 1.82) is 0 Å². The first-order valence-electron chi connectivity index (χ1n) is 5.87. The van der Waals surface area contributed by atoms with Gasteiger partial charge in [0.1, 0.15) is 12.4 Å². The predicted molar refractivity (Wildman–Crippen MR) is 63.2 cm³/mol. The molecule has 1 amide bonds. The molecule has 2 rings (SSSR count). The smallest absolute Gasteiger partial charge is 0.241 e. The molecule has 17 heavy (non-hydrogen) atoms. The van der Waals surface area contributed by atoms with Crippen LogP contribution in [0.3, 0.4) is 0 Å². The fraction of sp³-hybridized carbons (Fsp3) is 0.636. The number of nitrogens with two attached hydrogens (primary N) is 1. The zero-order valence-electron chi connectivity index (χ0n) is 9.76. The molecule has 0 spiro atoms. The van der Waals surface area contributed by atoms with E-state index in [1.54, 1.807) is 12.3 Å². The average Bonchev–Trinajstić information content (AvgIpc) is 3.02. The van der Waals surface area contributed by atoms with Crippen molar-refractivity contribution in [2.75, 3.05) is 25.5 Å². The molecule has 1 heterocycles. The molecule has 6 nitrogen and oxygen atoms in total. The summed E-state index contributed by atoms with van der Waals surface area (Å²) < 4.78 is 6.91. The van der Waals surface area contributed by atoms with Crippen LogP contribution in [0, 0.1) is 5.92 Å². The summed E-state index contributed by atoms with van der Waals surface area (Å²) in [5.74, 6) is 1.10. The van der Waals surface area contributed by atoms with Gasteiger partial charge in [-0.3, -0.25) is 9.48 Å². The third kappa shape index (κ3) is 4.44. The van der Waals surface area contributed by atoms with E-state index in [4.69, 9.17) is 10.5 Å². The zero-order chi connectivity index (χ0) is 12.1. The quantitative estimate of drug-likeness (QED) is 0.655. The Bertz CT molecular complexity index is 373. The van der Waals surface area contributed by atoms with Gasteiger partial charge in [-0.05, 0) is 24.8 Å². The van der Waals surface area contributed by atoms with Crippen LogP contribution in [-0.2, 0) is 16.1 Å². The van der Waals surface area contributed by atoms with E-state index in [-0.39, 0.29) is 12.5 Å². The predicted octanol–water partition coefficient (Wildman–Crippen LogP) is 0.00810. The number of nitrogens with zero attached hydrogens (tertiary/aromatic N) is 2. The van der Waals surface area contributed by atoms with Gasteiger partial charge in [-0.1, -0.05) is 0 Å². The lowest BCUT2D eigenvalue weighted by Crippen LogP contribution is -2.30. The Morgan fingerprint density at radius 1 is 1.65 bits per heavy atom. The number of hydrogen-bond acceptors (Lipinski definition) is 4. The first kappa shape index (κ1) is 11.9. The number of nitrogens with one attached hydrogen (secondary N) is 1. The van der Waals surface area contributed by atoms with Gasteiger partial charge in [0.2, 0.25) is 5.91 Å². The molecule has 1 aromatic rings. The lowest BCUT2D eigenvalue weighted by molar-refractivity contribution is -0.122. The van der Waals surface area contributed by atoms with Crippen molar-refractivity contribution in [3.63, 3.8) is 0 Å². The molecule has 3 N–H and O–H groups in total. The van der Waals surface area contributed by atoms with E-state index in [1.165, 1.54) is 17.5 Å². The Labute approximate surface area is 100 Å². The molecule has 0 atom stereocenters. The zero-order valence-corrected chi connectivity index (χ0v) is 9.76. The summed E-state index contributed by atoms with van der Waals surface area (Å²) in [5.41, 5.74) is 5.44. The molecule has 0 unspecified atom stereocenters. The highest BCUT2D eigenvalue weighted by molar-refractivity contribution is 5.75. The van der Waals surface area contributed by atoms with Gasteiger partial charge in [0.15, 0.2) is 0 Å². The standard InChI is InChI=1S/C11H18N4O2/c12-10-3-5-15(14-10)7-11(16)13-4-6-17-8-9-1-2-9/h3,5,9H,1-2,4,6-8H2,(H2,12,14)(H,13,16). The van der Waals surface area contributed by atoms with Gasteiger partial charge in [0, 0.05) is 19.3 Å². The second-order valence-electron chi connectivity index (χ2n) is 4.31. The maximum Gasteiger partial charge on any atom is 0.241 e. The number of ether oxygens (including phenoxy) is 1. The van der Waals surface area contributed by atoms with E-state index in [0.717, 1.165) is 12.5 Å². The minimum atomic E-state index is -0.0804. The van der Waals surface area contributed by atoms with E-state index in [1.807, 2.05) is 0 Å². The number of amides is 1. The summed E-state index contributed by atoms with van der Waals surface area (Å²) >= 11 is 0. The molecule has 94 valence electrons. The fourth-order valence-corrected chi connectivity index (χ4v) is 1.47. The first-order valence-corrected chi connectivity index (χ1v) is 5.87. The highest BCUT2D eigenvalue weighted by atomic mass is 16.5. The molecule has 1 aliphatic rings. The largest absolute Gasteiger partial charge is 0.382 e. The Morgan fingerprint density at radius 2 is 2.47 bits per heavy atom. The minimum absolute atomic E-state index is 0.0804. The van der Waals surface area contributed by atoms with Gasteiger partial charge in [-0.2, -0.15) is 5.10 Å². The molecule has 0 radical (unpaired) electrons. The van der Waals surface area contributed by atoms with Crippen LogP contribution in [0.4, 0.5) is 5.82 Å². The summed E-state index contributed by atoms with van der Waals surface area (Å²) in [4.78, 5) is 11.5. The van der Waals surface area contributed by atoms with E-state index in [2.05, 4.69) is 10.4 Å². The normalized spacial score (nSPS) is 14.8. The van der Waals surface area contributed by atoms with Crippen LogP contribution in [0.2, 0.25) is 0 Å². The topological polar surface area (TPSA) is 82.2 Å². The molecule has 0 saturated heterocycles. The van der Waals surface area contributed by atoms with Crippen LogP contribution in [-0.4, -0.2) is 35.4 Å². The van der Waals surface area contributed by atoms with Crippen molar-refractivity contribution in [2.24, 2.45) is 5.92 Å². The summed E-state index contributed by atoms with van der Waals surface area (Å²) in [6.07, 6.45) is 4.25. The molecule has 6 heteroatoms. The Balaban J connectivity index is 1.54. The Morgan fingerprint density at radius 3 is 3.12 bits per heavy atom. The number of hydrogen-bond donors (Lipinski definition) is 2. The molecule has 0 aliphatic heterocycles. The molecule has 1 aromatic heterocycles. The van der Waals surface area contributed by atoms with E-state index in [0.29, 0.717) is 19.0 Å². The average molecular weight is 238 g/mol. The van der Waals surface area contributed by atoms with Gasteiger partial charge in [-0.25, -0.2) is 0 Å². The molecule has 1 aliphatic carbocycles. The number of rotatable bonds is 7. The molecule has 1 saturated carbocycles. The summed E-state index contributed by atoms with van der Waals surface area (Å²) in [7, 11) is 0. The summed E-state index contributed by atoms with van der Waals surface area (Å²) in [6.45, 7) is 2.14. The van der Waals surface area contributed by atoms with Gasteiger partial charge >= 0.3 is 0 Å². The molecular formula is C11H18N4O2. The lowest BCUT2D eigenvalue weighted by Gasteiger charge is -2.06. The SMILES string of the molecule is Nc1ccn(CC(=O)NCCOCC2CC2)n1. The van der Waals surface area contributed by atoms with Crippen molar-refractivity contribution in [3.05, 3.63) is 12.3 Å². The maximum atomic E-state index is 11.5. The van der Waals surface area contributed by atoms with Crippen molar-refractivity contribution < 1.29 is 9.53 Å². The summed E-state index contributed by atoms with van der Waals surface area (Å²) in [5, 5.41) is 6.70. The highest BCUT2D eigenvalue weighted by Gasteiger charge is 2.20. The highest BCUT2D eigenvalue weighted by Crippen LogP contribution is 2.28. The van der Waals surface area contributed by atoms with Gasteiger partial charge in [0.25, 0.3) is 0 Å². The van der Waals surface area contributed by atoms with Crippen LogP contribution in [0.1, 0.15) is 12.8 Å². The second kappa shape index (κ2) is 5.67. The van der Waals surface area contributed by atoms with Gasteiger partial charge in [0.05, 0.1) is 6.61 Å². The number of aromatic nitrogens is 2. The van der Waals surface area contributed by atoms with Crippen molar-refractivity contribution in [2.45, 2.75) is 19.4 Å². The molecule has 0 aromatic carbocycles.